The van der Waals surface area contributed by atoms with E-state index in [-0.39, 0.29) is 38.6 Å². The first-order chi connectivity index (χ1) is 13.7. The van der Waals surface area contributed by atoms with E-state index >= 15 is 0 Å². The van der Waals surface area contributed by atoms with E-state index in [9.17, 15) is 26.4 Å². The van der Waals surface area contributed by atoms with Crippen LogP contribution in [0.4, 0.5) is 18.9 Å². The van der Waals surface area contributed by atoms with Crippen LogP contribution in [0.3, 0.4) is 0 Å². The van der Waals surface area contributed by atoms with Gasteiger partial charge in [-0.2, -0.15) is 17.5 Å². The van der Waals surface area contributed by atoms with Gasteiger partial charge in [0.2, 0.25) is 15.9 Å². The molecule has 1 N–H and O–H groups in total. The highest BCUT2D eigenvalue weighted by molar-refractivity contribution is 7.89. The predicted octanol–water partition coefficient (Wildman–Crippen LogP) is 2.65. The van der Waals surface area contributed by atoms with E-state index < -0.39 is 26.7 Å². The monoisotopic (exact) mass is 427 g/mol. The van der Waals surface area contributed by atoms with Gasteiger partial charge in [-0.25, -0.2) is 8.42 Å². The quantitative estimate of drug-likeness (QED) is 0.797. The first-order valence-electron chi connectivity index (χ1n) is 8.91. The zero-order valence-corrected chi connectivity index (χ0v) is 16.2. The van der Waals surface area contributed by atoms with Gasteiger partial charge in [0.25, 0.3) is 0 Å². The van der Waals surface area contributed by atoms with E-state index in [4.69, 9.17) is 0 Å². The third-order valence-electron chi connectivity index (χ3n) is 4.57. The number of nitrogens with zero attached hydrogens (tertiary/aromatic N) is 2. The number of anilines is 1. The van der Waals surface area contributed by atoms with Crippen LogP contribution in [-0.2, 0) is 21.0 Å². The minimum Gasteiger partial charge on any atom is -0.325 e. The number of amides is 1. The van der Waals surface area contributed by atoms with E-state index in [0.29, 0.717) is 5.69 Å². The van der Waals surface area contributed by atoms with Gasteiger partial charge in [0.1, 0.15) is 0 Å². The van der Waals surface area contributed by atoms with E-state index in [2.05, 4.69) is 5.32 Å². The fourth-order valence-corrected chi connectivity index (χ4v) is 4.75. The number of hydrogen-bond acceptors (Lipinski definition) is 4. The van der Waals surface area contributed by atoms with E-state index in [1.165, 1.54) is 6.07 Å². The van der Waals surface area contributed by atoms with Gasteiger partial charge in [0, 0.05) is 31.9 Å². The molecule has 29 heavy (non-hydrogen) atoms. The molecule has 2 aromatic rings. The lowest BCUT2D eigenvalue weighted by atomic mass is 10.2. The van der Waals surface area contributed by atoms with Gasteiger partial charge in [-0.15, -0.1) is 0 Å². The number of para-hydroxylation sites is 1. The van der Waals surface area contributed by atoms with Crippen molar-refractivity contribution >= 4 is 21.6 Å². The van der Waals surface area contributed by atoms with Crippen molar-refractivity contribution in [1.29, 1.82) is 0 Å². The van der Waals surface area contributed by atoms with Crippen LogP contribution in [0.25, 0.3) is 0 Å². The molecular formula is C19H20F3N3O3S. The summed E-state index contributed by atoms with van der Waals surface area (Å²) in [4.78, 5) is 13.1. The van der Waals surface area contributed by atoms with Crippen molar-refractivity contribution in [2.45, 2.75) is 11.1 Å². The van der Waals surface area contributed by atoms with E-state index in [1.807, 2.05) is 6.07 Å². The number of nitrogens with one attached hydrogen (secondary N) is 1. The average molecular weight is 427 g/mol. The first kappa shape index (κ1) is 21.3. The smallest absolute Gasteiger partial charge is 0.325 e. The zero-order valence-electron chi connectivity index (χ0n) is 15.4. The average Bonchev–Trinajstić information content (AvgIpc) is 2.68. The summed E-state index contributed by atoms with van der Waals surface area (Å²) in [6, 6.07) is 13.1. The Morgan fingerprint density at radius 1 is 0.931 bits per heavy atom. The minimum atomic E-state index is -4.76. The number of hydrogen-bond donors (Lipinski definition) is 1. The summed E-state index contributed by atoms with van der Waals surface area (Å²) in [5.74, 6) is -0.241. The summed E-state index contributed by atoms with van der Waals surface area (Å²) in [6.07, 6.45) is -4.76. The molecule has 1 aliphatic heterocycles. The van der Waals surface area contributed by atoms with E-state index in [0.717, 1.165) is 22.5 Å². The van der Waals surface area contributed by atoms with Crippen molar-refractivity contribution in [3.8, 4) is 0 Å². The number of piperazine rings is 1. The lowest BCUT2D eigenvalue weighted by Gasteiger charge is -2.33. The molecule has 1 heterocycles. The molecule has 6 nitrogen and oxygen atoms in total. The Hall–Kier alpha value is -2.43. The van der Waals surface area contributed by atoms with Gasteiger partial charge in [0.15, 0.2) is 0 Å². The van der Waals surface area contributed by atoms with Crippen LogP contribution in [0.1, 0.15) is 5.56 Å². The number of halogens is 3. The number of carbonyl (C=O) groups excluding carboxylic acids is 1. The summed E-state index contributed by atoms with van der Waals surface area (Å²) in [6.45, 7) is 0.577. The summed E-state index contributed by atoms with van der Waals surface area (Å²) >= 11 is 0. The summed E-state index contributed by atoms with van der Waals surface area (Å²) in [5.41, 5.74) is -0.521. The van der Waals surface area contributed by atoms with Crippen LogP contribution in [0.2, 0.25) is 0 Å². The van der Waals surface area contributed by atoms with Crippen molar-refractivity contribution in [1.82, 2.24) is 9.21 Å². The molecule has 0 spiro atoms. The molecule has 0 unspecified atom stereocenters. The number of benzene rings is 2. The topological polar surface area (TPSA) is 69.7 Å². The molecule has 0 aliphatic carbocycles. The van der Waals surface area contributed by atoms with Gasteiger partial charge in [-0.05, 0) is 24.3 Å². The van der Waals surface area contributed by atoms with Gasteiger partial charge in [-0.3, -0.25) is 9.69 Å². The van der Waals surface area contributed by atoms with Crippen molar-refractivity contribution in [2.24, 2.45) is 0 Å². The summed E-state index contributed by atoms with van der Waals surface area (Å²) in [7, 11) is -4.29. The highest BCUT2D eigenvalue weighted by atomic mass is 32.2. The normalized spacial score (nSPS) is 16.5. The molecule has 0 radical (unpaired) electrons. The molecule has 1 fully saturated rings. The molecule has 1 amide bonds. The largest absolute Gasteiger partial charge is 0.417 e. The van der Waals surface area contributed by atoms with Crippen LogP contribution < -0.4 is 5.32 Å². The Morgan fingerprint density at radius 3 is 2.14 bits per heavy atom. The fraction of sp³-hybridized carbons (Fsp3) is 0.316. The molecule has 0 aromatic heterocycles. The number of alkyl halides is 3. The molecule has 2 aromatic carbocycles. The minimum absolute atomic E-state index is 0.00709. The van der Waals surface area contributed by atoms with Gasteiger partial charge in [0.05, 0.1) is 17.0 Å². The maximum absolute atomic E-state index is 13.2. The zero-order chi connectivity index (χ0) is 21.1. The van der Waals surface area contributed by atoms with Crippen LogP contribution in [0.15, 0.2) is 59.5 Å². The molecule has 0 atom stereocenters. The highest BCUT2D eigenvalue weighted by Gasteiger charge is 2.39. The van der Waals surface area contributed by atoms with Crippen molar-refractivity contribution < 1.29 is 26.4 Å². The number of rotatable bonds is 5. The Bertz CT molecular complexity index is 957. The Kier molecular flexibility index (Phi) is 6.25. The van der Waals surface area contributed by atoms with Crippen LogP contribution >= 0.6 is 0 Å². The molecule has 1 saturated heterocycles. The molecule has 10 heteroatoms. The van der Waals surface area contributed by atoms with Crippen molar-refractivity contribution in [3.05, 3.63) is 60.2 Å². The highest BCUT2D eigenvalue weighted by Crippen LogP contribution is 2.35. The maximum atomic E-state index is 13.2. The van der Waals surface area contributed by atoms with Crippen LogP contribution in [0.5, 0.6) is 0 Å². The standard InChI is InChI=1S/C19H20F3N3O3S/c20-19(21,22)16-8-4-5-9-17(16)29(27,28)25-12-10-24(11-13-25)14-18(26)23-15-6-2-1-3-7-15/h1-9H,10-14H2,(H,23,26). The molecule has 0 saturated carbocycles. The number of sulfonamides is 1. The lowest BCUT2D eigenvalue weighted by molar-refractivity contribution is -0.140. The van der Waals surface area contributed by atoms with Gasteiger partial charge >= 0.3 is 6.18 Å². The Morgan fingerprint density at radius 2 is 1.52 bits per heavy atom. The first-order valence-corrected chi connectivity index (χ1v) is 10.4. The maximum Gasteiger partial charge on any atom is 0.417 e. The second-order valence-corrected chi connectivity index (χ2v) is 8.49. The third kappa shape index (κ3) is 5.14. The summed E-state index contributed by atoms with van der Waals surface area (Å²) in [5, 5.41) is 2.74. The molecule has 0 bridgehead atoms. The lowest BCUT2D eigenvalue weighted by Crippen LogP contribution is -2.50. The SMILES string of the molecule is O=C(CN1CCN(S(=O)(=O)c2ccccc2C(F)(F)F)CC1)Nc1ccccc1. The fourth-order valence-electron chi connectivity index (χ4n) is 3.12. The van der Waals surface area contributed by atoms with Gasteiger partial charge < -0.3 is 5.32 Å². The predicted molar refractivity (Wildman–Crippen MR) is 102 cm³/mol. The molecule has 156 valence electrons. The third-order valence-corrected chi connectivity index (χ3v) is 6.52. The van der Waals surface area contributed by atoms with Crippen LogP contribution in [0, 0.1) is 0 Å². The molecular weight excluding hydrogens is 407 g/mol. The second-order valence-electron chi connectivity index (χ2n) is 6.59. The summed E-state index contributed by atoms with van der Waals surface area (Å²) < 4.78 is 66.1. The molecule has 1 aliphatic rings. The van der Waals surface area contributed by atoms with Crippen molar-refractivity contribution in [3.63, 3.8) is 0 Å². The van der Waals surface area contributed by atoms with Crippen LogP contribution in [-0.4, -0.2) is 56.3 Å². The van der Waals surface area contributed by atoms with Crippen molar-refractivity contribution in [2.75, 3.05) is 38.0 Å². The van der Waals surface area contributed by atoms with Gasteiger partial charge in [-0.1, -0.05) is 30.3 Å². The van der Waals surface area contributed by atoms with E-state index in [1.54, 1.807) is 29.2 Å². The second kappa shape index (κ2) is 8.52. The number of carbonyl (C=O) groups is 1. The Balaban J connectivity index is 1.63. The molecule has 3 rings (SSSR count). The Labute approximate surface area is 167 Å².